The van der Waals surface area contributed by atoms with Crippen LogP contribution < -0.4 is 10.6 Å². The van der Waals surface area contributed by atoms with Gasteiger partial charge in [-0.05, 0) is 20.3 Å². The third kappa shape index (κ3) is 7.71. The average molecular weight is 290 g/mol. The fourth-order valence-corrected chi connectivity index (χ4v) is 2.13. The SMILES string of the molecule is CCC(C)NC(=O)C(C)SCC(NC(C)=O)C(=O)O. The number of hydrogen-bond donors (Lipinski definition) is 3. The Kier molecular flexibility index (Phi) is 8.22. The molecular formula is C12H22N2O4S. The predicted molar refractivity (Wildman–Crippen MR) is 75.1 cm³/mol. The maximum atomic E-state index is 11.8. The highest BCUT2D eigenvalue weighted by Crippen LogP contribution is 2.12. The van der Waals surface area contributed by atoms with Crippen LogP contribution in [0.5, 0.6) is 0 Å². The highest BCUT2D eigenvalue weighted by molar-refractivity contribution is 8.00. The quantitative estimate of drug-likeness (QED) is 0.609. The molecule has 0 aliphatic rings. The number of carbonyl (C=O) groups is 3. The monoisotopic (exact) mass is 290 g/mol. The first-order valence-corrected chi connectivity index (χ1v) is 7.24. The summed E-state index contributed by atoms with van der Waals surface area (Å²) in [6.07, 6.45) is 0.840. The van der Waals surface area contributed by atoms with Crippen LogP contribution in [0.25, 0.3) is 0 Å². The third-order valence-corrected chi connectivity index (χ3v) is 3.80. The Hall–Kier alpha value is -1.24. The van der Waals surface area contributed by atoms with Crippen molar-refractivity contribution in [1.29, 1.82) is 0 Å². The number of carboxylic acid groups (broad SMARTS) is 1. The first kappa shape index (κ1) is 17.8. The molecule has 0 aromatic carbocycles. The molecule has 19 heavy (non-hydrogen) atoms. The second kappa shape index (κ2) is 8.79. The molecule has 0 aliphatic heterocycles. The van der Waals surface area contributed by atoms with Gasteiger partial charge in [0.25, 0.3) is 0 Å². The zero-order valence-electron chi connectivity index (χ0n) is 11.7. The van der Waals surface area contributed by atoms with Crippen LogP contribution in [0.2, 0.25) is 0 Å². The number of rotatable bonds is 8. The van der Waals surface area contributed by atoms with Crippen LogP contribution in [0.4, 0.5) is 0 Å². The zero-order chi connectivity index (χ0) is 15.0. The molecule has 3 N–H and O–H groups in total. The van der Waals surface area contributed by atoms with Gasteiger partial charge < -0.3 is 15.7 Å². The van der Waals surface area contributed by atoms with E-state index < -0.39 is 17.9 Å². The number of thioether (sulfide) groups is 1. The summed E-state index contributed by atoms with van der Waals surface area (Å²) in [5, 5.41) is 13.7. The van der Waals surface area contributed by atoms with Crippen molar-refractivity contribution < 1.29 is 19.5 Å². The first-order valence-electron chi connectivity index (χ1n) is 6.19. The molecule has 7 heteroatoms. The summed E-state index contributed by atoms with van der Waals surface area (Å²) in [6, 6.07) is -0.873. The Morgan fingerprint density at radius 2 is 1.79 bits per heavy atom. The van der Waals surface area contributed by atoms with Crippen LogP contribution in [0.15, 0.2) is 0 Å². The van der Waals surface area contributed by atoms with Crippen molar-refractivity contribution in [3.63, 3.8) is 0 Å². The van der Waals surface area contributed by atoms with E-state index in [4.69, 9.17) is 5.11 Å². The molecule has 2 amide bonds. The third-order valence-electron chi connectivity index (χ3n) is 2.56. The van der Waals surface area contributed by atoms with Crippen LogP contribution in [-0.4, -0.2) is 46.0 Å². The van der Waals surface area contributed by atoms with Crippen molar-refractivity contribution in [3.05, 3.63) is 0 Å². The minimum Gasteiger partial charge on any atom is -0.480 e. The van der Waals surface area contributed by atoms with Crippen molar-refractivity contribution in [2.24, 2.45) is 0 Å². The molecule has 0 radical (unpaired) electrons. The van der Waals surface area contributed by atoms with E-state index in [-0.39, 0.29) is 23.0 Å². The number of nitrogens with one attached hydrogen (secondary N) is 2. The van der Waals surface area contributed by atoms with Crippen LogP contribution >= 0.6 is 11.8 Å². The van der Waals surface area contributed by atoms with Gasteiger partial charge in [0.1, 0.15) is 6.04 Å². The largest absolute Gasteiger partial charge is 0.480 e. The zero-order valence-corrected chi connectivity index (χ0v) is 12.5. The Bertz CT molecular complexity index is 336. The van der Waals surface area contributed by atoms with E-state index in [1.54, 1.807) is 6.92 Å². The lowest BCUT2D eigenvalue weighted by molar-refractivity contribution is -0.140. The van der Waals surface area contributed by atoms with Gasteiger partial charge in [-0.15, -0.1) is 11.8 Å². The molecule has 0 fully saturated rings. The van der Waals surface area contributed by atoms with Crippen molar-refractivity contribution in [3.8, 4) is 0 Å². The molecule has 0 aromatic heterocycles. The second-order valence-corrected chi connectivity index (χ2v) is 5.76. The maximum absolute atomic E-state index is 11.8. The predicted octanol–water partition coefficient (Wildman–Crippen LogP) is 0.612. The molecule has 0 aromatic rings. The smallest absolute Gasteiger partial charge is 0.327 e. The molecule has 0 saturated heterocycles. The summed E-state index contributed by atoms with van der Waals surface area (Å²) in [7, 11) is 0. The highest BCUT2D eigenvalue weighted by Gasteiger charge is 2.22. The van der Waals surface area contributed by atoms with Crippen LogP contribution in [0.1, 0.15) is 34.1 Å². The van der Waals surface area contributed by atoms with E-state index in [2.05, 4.69) is 10.6 Å². The Morgan fingerprint density at radius 3 is 2.21 bits per heavy atom. The Labute approximate surface area is 117 Å². The van der Waals surface area contributed by atoms with Crippen molar-refractivity contribution in [2.75, 3.05) is 5.75 Å². The van der Waals surface area contributed by atoms with E-state index in [0.29, 0.717) is 0 Å². The standard InChI is InChI=1S/C12H22N2O4S/c1-5-7(2)13-11(16)8(3)19-6-10(12(17)18)14-9(4)15/h7-8,10H,5-6H2,1-4H3,(H,13,16)(H,14,15)(H,17,18). The topological polar surface area (TPSA) is 95.5 Å². The lowest BCUT2D eigenvalue weighted by atomic mass is 10.2. The van der Waals surface area contributed by atoms with Gasteiger partial charge in [0.2, 0.25) is 11.8 Å². The molecule has 0 heterocycles. The average Bonchev–Trinajstić information content (AvgIpc) is 2.32. The summed E-state index contributed by atoms with van der Waals surface area (Å²) < 4.78 is 0. The molecule has 6 nitrogen and oxygen atoms in total. The van der Waals surface area contributed by atoms with Crippen molar-refractivity contribution in [1.82, 2.24) is 10.6 Å². The minimum absolute atomic E-state index is 0.0983. The van der Waals surface area contributed by atoms with Gasteiger partial charge in [-0.25, -0.2) is 4.79 Å². The molecule has 3 unspecified atom stereocenters. The Morgan fingerprint density at radius 1 is 1.21 bits per heavy atom. The fourth-order valence-electron chi connectivity index (χ4n) is 1.20. The molecule has 0 saturated carbocycles. The summed E-state index contributed by atoms with van der Waals surface area (Å²) in [4.78, 5) is 33.5. The maximum Gasteiger partial charge on any atom is 0.327 e. The van der Waals surface area contributed by atoms with Gasteiger partial charge in [-0.2, -0.15) is 0 Å². The number of carboxylic acids is 1. The molecule has 3 atom stereocenters. The normalized spacial score (nSPS) is 15.2. The molecule has 0 rings (SSSR count). The second-order valence-electron chi connectivity index (χ2n) is 4.38. The molecular weight excluding hydrogens is 268 g/mol. The van der Waals surface area contributed by atoms with Crippen molar-refractivity contribution >= 4 is 29.5 Å². The van der Waals surface area contributed by atoms with Gasteiger partial charge in [0, 0.05) is 18.7 Å². The summed E-state index contributed by atoms with van der Waals surface area (Å²) in [6.45, 7) is 6.86. The van der Waals surface area contributed by atoms with Crippen LogP contribution in [-0.2, 0) is 14.4 Å². The van der Waals surface area contributed by atoms with E-state index in [9.17, 15) is 14.4 Å². The number of hydrogen-bond acceptors (Lipinski definition) is 4. The number of aliphatic carboxylic acids is 1. The van der Waals surface area contributed by atoms with Gasteiger partial charge >= 0.3 is 5.97 Å². The van der Waals surface area contributed by atoms with Crippen molar-refractivity contribution in [2.45, 2.75) is 51.4 Å². The van der Waals surface area contributed by atoms with Crippen LogP contribution in [0, 0.1) is 0 Å². The lowest BCUT2D eigenvalue weighted by Gasteiger charge is -2.18. The first-order chi connectivity index (χ1) is 8.77. The van der Waals surface area contributed by atoms with Gasteiger partial charge in [0.05, 0.1) is 5.25 Å². The van der Waals surface area contributed by atoms with Gasteiger partial charge in [-0.3, -0.25) is 9.59 Å². The van der Waals surface area contributed by atoms with E-state index in [1.807, 2.05) is 13.8 Å². The summed E-state index contributed by atoms with van der Waals surface area (Å²) in [5.74, 6) is -1.46. The van der Waals surface area contributed by atoms with E-state index >= 15 is 0 Å². The van der Waals surface area contributed by atoms with E-state index in [1.165, 1.54) is 18.7 Å². The lowest BCUT2D eigenvalue weighted by Crippen LogP contribution is -2.43. The van der Waals surface area contributed by atoms with Crippen LogP contribution in [0.3, 0.4) is 0 Å². The van der Waals surface area contributed by atoms with Gasteiger partial charge in [0.15, 0.2) is 0 Å². The highest BCUT2D eigenvalue weighted by atomic mass is 32.2. The molecule has 110 valence electrons. The molecule has 0 aliphatic carbocycles. The minimum atomic E-state index is -1.10. The number of amides is 2. The molecule has 0 spiro atoms. The summed E-state index contributed by atoms with van der Waals surface area (Å²) in [5.41, 5.74) is 0. The Balaban J connectivity index is 4.24. The molecule has 0 bridgehead atoms. The van der Waals surface area contributed by atoms with Gasteiger partial charge in [-0.1, -0.05) is 6.92 Å². The fraction of sp³-hybridized carbons (Fsp3) is 0.750. The number of carbonyl (C=O) groups excluding carboxylic acids is 2. The summed E-state index contributed by atoms with van der Waals surface area (Å²) >= 11 is 1.21. The van der Waals surface area contributed by atoms with E-state index in [0.717, 1.165) is 6.42 Å².